The van der Waals surface area contributed by atoms with Gasteiger partial charge in [-0.3, -0.25) is 9.58 Å². The second-order valence-electron chi connectivity index (χ2n) is 6.36. The minimum atomic E-state index is 0.671. The van der Waals surface area contributed by atoms with Crippen LogP contribution in [-0.4, -0.2) is 50.9 Å². The van der Waals surface area contributed by atoms with Gasteiger partial charge in [0.2, 0.25) is 0 Å². The third-order valence-electron chi connectivity index (χ3n) is 4.52. The van der Waals surface area contributed by atoms with Gasteiger partial charge in [-0.05, 0) is 36.8 Å². The lowest BCUT2D eigenvalue weighted by Crippen LogP contribution is -2.51. The van der Waals surface area contributed by atoms with Crippen molar-refractivity contribution in [2.24, 2.45) is 0 Å². The van der Waals surface area contributed by atoms with Gasteiger partial charge in [-0.25, -0.2) is 0 Å². The van der Waals surface area contributed by atoms with Gasteiger partial charge in [-0.2, -0.15) is 5.10 Å². The van der Waals surface area contributed by atoms with Crippen LogP contribution in [0.15, 0.2) is 30.6 Å². The van der Waals surface area contributed by atoms with Crippen LogP contribution >= 0.6 is 35.4 Å². The van der Waals surface area contributed by atoms with Crippen LogP contribution in [0.4, 0.5) is 0 Å². The number of nitrogens with zero attached hydrogens (tertiary/aromatic N) is 4. The van der Waals surface area contributed by atoms with Gasteiger partial charge < -0.3 is 10.2 Å². The number of rotatable bonds is 5. The van der Waals surface area contributed by atoms with Crippen LogP contribution in [0.25, 0.3) is 0 Å². The Morgan fingerprint density at radius 2 is 2.00 bits per heavy atom. The molecule has 0 amide bonds. The van der Waals surface area contributed by atoms with Crippen molar-refractivity contribution in [3.05, 3.63) is 51.8 Å². The molecular weight excluding hydrogens is 389 g/mol. The maximum absolute atomic E-state index is 6.28. The Labute approximate surface area is 169 Å². The van der Waals surface area contributed by atoms with Gasteiger partial charge in [-0.1, -0.05) is 29.3 Å². The van der Waals surface area contributed by atoms with Crippen molar-refractivity contribution in [1.29, 1.82) is 0 Å². The molecule has 0 unspecified atom stereocenters. The molecule has 0 bridgehead atoms. The predicted octanol–water partition coefficient (Wildman–Crippen LogP) is 3.40. The summed E-state index contributed by atoms with van der Waals surface area (Å²) in [6.45, 7) is 8.22. The van der Waals surface area contributed by atoms with Crippen LogP contribution in [0, 0.1) is 0 Å². The quantitative estimate of drug-likeness (QED) is 0.762. The summed E-state index contributed by atoms with van der Waals surface area (Å²) in [7, 11) is 0. The van der Waals surface area contributed by atoms with E-state index in [1.54, 1.807) is 6.07 Å². The van der Waals surface area contributed by atoms with E-state index in [4.69, 9.17) is 35.4 Å². The van der Waals surface area contributed by atoms with Crippen LogP contribution < -0.4 is 5.32 Å². The van der Waals surface area contributed by atoms with E-state index >= 15 is 0 Å². The molecule has 5 nitrogen and oxygen atoms in total. The summed E-state index contributed by atoms with van der Waals surface area (Å²) in [5.74, 6) is 0. The number of aromatic nitrogens is 2. The monoisotopic (exact) mass is 411 g/mol. The van der Waals surface area contributed by atoms with Gasteiger partial charge in [0.25, 0.3) is 0 Å². The second kappa shape index (κ2) is 9.04. The molecule has 1 saturated heterocycles. The molecule has 1 aromatic heterocycles. The molecule has 1 aliphatic heterocycles. The van der Waals surface area contributed by atoms with E-state index in [2.05, 4.69) is 27.1 Å². The third-order valence-corrected chi connectivity index (χ3v) is 5.51. The molecule has 8 heteroatoms. The van der Waals surface area contributed by atoms with Crippen LogP contribution in [-0.2, 0) is 19.6 Å². The molecular formula is C18H23Cl2N5S. The second-order valence-corrected chi connectivity index (χ2v) is 7.59. The molecule has 2 heterocycles. The van der Waals surface area contributed by atoms with Crippen LogP contribution in [0.5, 0.6) is 0 Å². The normalized spacial score (nSPS) is 15.3. The highest BCUT2D eigenvalue weighted by molar-refractivity contribution is 7.80. The lowest BCUT2D eigenvalue weighted by molar-refractivity contribution is 0.174. The number of thiocarbonyl (C=S) groups is 1. The summed E-state index contributed by atoms with van der Waals surface area (Å²) in [6.07, 6.45) is 3.93. The molecule has 0 aliphatic carbocycles. The number of piperazine rings is 1. The van der Waals surface area contributed by atoms with Crippen molar-refractivity contribution in [2.45, 2.75) is 26.6 Å². The average molecular weight is 412 g/mol. The van der Waals surface area contributed by atoms with E-state index in [9.17, 15) is 0 Å². The first-order valence-corrected chi connectivity index (χ1v) is 9.92. The smallest absolute Gasteiger partial charge is 0.169 e. The Hall–Kier alpha value is -1.34. The molecule has 1 aromatic carbocycles. The number of hydrogen-bond donors (Lipinski definition) is 1. The van der Waals surface area contributed by atoms with Crippen molar-refractivity contribution in [3.63, 3.8) is 0 Å². The van der Waals surface area contributed by atoms with Gasteiger partial charge in [0.1, 0.15) is 0 Å². The number of aryl methyl sites for hydroxylation is 1. The van der Waals surface area contributed by atoms with Crippen molar-refractivity contribution in [2.75, 3.05) is 26.2 Å². The van der Waals surface area contributed by atoms with Gasteiger partial charge in [0.05, 0.1) is 6.20 Å². The highest BCUT2D eigenvalue weighted by Crippen LogP contribution is 2.22. The lowest BCUT2D eigenvalue weighted by atomic mass is 10.2. The number of halogens is 2. The Kier molecular flexibility index (Phi) is 6.75. The van der Waals surface area contributed by atoms with Crippen molar-refractivity contribution in [1.82, 2.24) is 24.9 Å². The maximum Gasteiger partial charge on any atom is 0.169 e. The zero-order valence-corrected chi connectivity index (χ0v) is 17.1. The van der Waals surface area contributed by atoms with Crippen LogP contribution in [0.1, 0.15) is 18.1 Å². The zero-order chi connectivity index (χ0) is 18.5. The summed E-state index contributed by atoms with van der Waals surface area (Å²) in [5, 5.41) is 9.82. The number of hydrogen-bond acceptors (Lipinski definition) is 3. The summed E-state index contributed by atoms with van der Waals surface area (Å²) in [4.78, 5) is 4.61. The largest absolute Gasteiger partial charge is 0.358 e. The van der Waals surface area contributed by atoms with Crippen LogP contribution in [0.2, 0.25) is 10.0 Å². The molecule has 140 valence electrons. The van der Waals surface area contributed by atoms with E-state index in [1.807, 2.05) is 29.2 Å². The average Bonchev–Trinajstić information content (AvgIpc) is 3.11. The van der Waals surface area contributed by atoms with Gasteiger partial charge in [0.15, 0.2) is 5.11 Å². The lowest BCUT2D eigenvalue weighted by Gasteiger charge is -2.36. The highest BCUT2D eigenvalue weighted by Gasteiger charge is 2.19. The molecule has 2 aromatic rings. The minimum absolute atomic E-state index is 0.671. The number of benzene rings is 1. The fourth-order valence-electron chi connectivity index (χ4n) is 2.96. The molecule has 1 fully saturated rings. The first-order valence-electron chi connectivity index (χ1n) is 8.75. The molecule has 26 heavy (non-hydrogen) atoms. The van der Waals surface area contributed by atoms with E-state index < -0.39 is 0 Å². The van der Waals surface area contributed by atoms with E-state index in [0.29, 0.717) is 11.6 Å². The fraction of sp³-hybridized carbons (Fsp3) is 0.444. The number of nitrogens with one attached hydrogen (secondary N) is 1. The Balaban J connectivity index is 1.44. The first kappa shape index (κ1) is 19.4. The summed E-state index contributed by atoms with van der Waals surface area (Å²) in [6, 6.07) is 5.69. The molecule has 0 radical (unpaired) electrons. The Morgan fingerprint density at radius 1 is 1.23 bits per heavy atom. The van der Waals surface area contributed by atoms with E-state index in [-0.39, 0.29) is 0 Å². The molecule has 1 N–H and O–H groups in total. The maximum atomic E-state index is 6.28. The predicted molar refractivity (Wildman–Crippen MR) is 111 cm³/mol. The molecule has 3 rings (SSSR count). The molecule has 0 saturated carbocycles. The Bertz CT molecular complexity index is 756. The molecule has 0 spiro atoms. The van der Waals surface area contributed by atoms with Crippen LogP contribution in [0.3, 0.4) is 0 Å². The standard InChI is InChI=1S/C18H23Cl2N5S/c1-2-25-12-14(11-22-25)10-21-18(26)24-7-5-23(6-8-24)13-15-3-4-16(19)9-17(15)20/h3-4,9,11-12H,2,5-8,10,13H2,1H3,(H,21,26). The van der Waals surface area contributed by atoms with Crippen molar-refractivity contribution in [3.8, 4) is 0 Å². The van der Waals surface area contributed by atoms with Gasteiger partial charge >= 0.3 is 0 Å². The first-order chi connectivity index (χ1) is 12.5. The zero-order valence-electron chi connectivity index (χ0n) is 14.8. The van der Waals surface area contributed by atoms with Crippen molar-refractivity contribution < 1.29 is 0 Å². The summed E-state index contributed by atoms with van der Waals surface area (Å²) < 4.78 is 1.92. The molecule has 0 atom stereocenters. The van der Waals surface area contributed by atoms with Crippen molar-refractivity contribution >= 4 is 40.5 Å². The van der Waals surface area contributed by atoms with E-state index in [0.717, 1.165) is 60.5 Å². The fourth-order valence-corrected chi connectivity index (χ4v) is 3.68. The topological polar surface area (TPSA) is 36.3 Å². The van der Waals surface area contributed by atoms with E-state index in [1.165, 1.54) is 0 Å². The third kappa shape index (κ3) is 5.10. The van der Waals surface area contributed by atoms with Gasteiger partial charge in [-0.15, -0.1) is 0 Å². The summed E-state index contributed by atoms with van der Waals surface area (Å²) in [5.41, 5.74) is 2.25. The highest BCUT2D eigenvalue weighted by atomic mass is 35.5. The minimum Gasteiger partial charge on any atom is -0.358 e. The Morgan fingerprint density at radius 3 is 2.65 bits per heavy atom. The summed E-state index contributed by atoms with van der Waals surface area (Å²) >= 11 is 17.8. The molecule has 1 aliphatic rings. The van der Waals surface area contributed by atoms with Gasteiger partial charge in [0, 0.05) is 67.6 Å². The SMILES string of the molecule is CCn1cc(CNC(=S)N2CCN(Cc3ccc(Cl)cc3Cl)CC2)cn1.